The molecule has 0 saturated heterocycles. The second-order valence-corrected chi connectivity index (χ2v) is 6.96. The maximum atomic E-state index is 12.2. The minimum absolute atomic E-state index is 0.0389. The molecule has 5 nitrogen and oxygen atoms in total. The van der Waals surface area contributed by atoms with Gasteiger partial charge in [0.05, 0.1) is 16.7 Å². The predicted octanol–water partition coefficient (Wildman–Crippen LogP) is 1.73. The Kier molecular flexibility index (Phi) is 3.47. The Hall–Kier alpha value is -2.21. The van der Waals surface area contributed by atoms with E-state index in [2.05, 4.69) is 10.3 Å². The van der Waals surface area contributed by atoms with E-state index >= 15 is 0 Å². The van der Waals surface area contributed by atoms with Crippen LogP contribution < -0.4 is 5.32 Å². The van der Waals surface area contributed by atoms with Crippen molar-refractivity contribution in [2.24, 2.45) is 0 Å². The molecule has 6 heteroatoms. The zero-order valence-corrected chi connectivity index (χ0v) is 12.0. The minimum Gasteiger partial charge on any atom is -0.344 e. The first-order valence-corrected chi connectivity index (χ1v) is 8.27. The lowest BCUT2D eigenvalue weighted by molar-refractivity contribution is 0.0929. The highest BCUT2D eigenvalue weighted by atomic mass is 32.2. The van der Waals surface area contributed by atoms with Crippen molar-refractivity contribution < 1.29 is 13.2 Å². The van der Waals surface area contributed by atoms with Crippen LogP contribution in [0.25, 0.3) is 0 Å². The average Bonchev–Trinajstić information content (AvgIpc) is 2.51. The fraction of sp³-hybridized carbons (Fsp3) is 0.200. The Morgan fingerprint density at radius 2 is 1.90 bits per heavy atom. The molecule has 1 aromatic carbocycles. The zero-order valence-electron chi connectivity index (χ0n) is 11.2. The van der Waals surface area contributed by atoms with Gasteiger partial charge in [0.25, 0.3) is 5.91 Å². The number of fused-ring (bicyclic) bond motifs is 1. The van der Waals surface area contributed by atoms with Crippen molar-refractivity contribution in [3.8, 4) is 0 Å². The maximum Gasteiger partial charge on any atom is 0.270 e. The van der Waals surface area contributed by atoms with Gasteiger partial charge in [-0.25, -0.2) is 8.42 Å². The van der Waals surface area contributed by atoms with Crippen molar-refractivity contribution in [2.45, 2.75) is 17.4 Å². The third kappa shape index (κ3) is 2.67. The van der Waals surface area contributed by atoms with E-state index in [1.165, 1.54) is 0 Å². The Labute approximate surface area is 122 Å². The Morgan fingerprint density at radius 3 is 2.67 bits per heavy atom. The predicted molar refractivity (Wildman–Crippen MR) is 77.6 cm³/mol. The summed E-state index contributed by atoms with van der Waals surface area (Å²) in [6, 6.07) is 11.6. The summed E-state index contributed by atoms with van der Waals surface area (Å²) < 4.78 is 24.1. The van der Waals surface area contributed by atoms with E-state index in [-0.39, 0.29) is 17.7 Å². The van der Waals surface area contributed by atoms with Gasteiger partial charge in [0.1, 0.15) is 5.69 Å². The molecule has 21 heavy (non-hydrogen) atoms. The first kappa shape index (κ1) is 13.8. The van der Waals surface area contributed by atoms with Crippen LogP contribution in [0.15, 0.2) is 53.6 Å². The topological polar surface area (TPSA) is 76.1 Å². The van der Waals surface area contributed by atoms with Crippen LogP contribution in [0.4, 0.5) is 0 Å². The van der Waals surface area contributed by atoms with Gasteiger partial charge in [-0.1, -0.05) is 24.3 Å². The molecule has 1 unspecified atom stereocenters. The number of sulfone groups is 1. The van der Waals surface area contributed by atoms with E-state index in [9.17, 15) is 13.2 Å². The highest BCUT2D eigenvalue weighted by Gasteiger charge is 2.30. The van der Waals surface area contributed by atoms with Crippen LogP contribution in [-0.2, 0) is 9.84 Å². The van der Waals surface area contributed by atoms with Crippen LogP contribution in [0, 0.1) is 0 Å². The maximum absolute atomic E-state index is 12.2. The van der Waals surface area contributed by atoms with Crippen LogP contribution in [0.5, 0.6) is 0 Å². The lowest BCUT2D eigenvalue weighted by Crippen LogP contribution is -2.34. The number of carbonyl (C=O) groups excluding carboxylic acids is 1. The van der Waals surface area contributed by atoms with Crippen molar-refractivity contribution in [3.63, 3.8) is 0 Å². The molecule has 108 valence electrons. The first-order chi connectivity index (χ1) is 10.1. The number of aromatic nitrogens is 1. The zero-order chi connectivity index (χ0) is 14.9. The summed E-state index contributed by atoms with van der Waals surface area (Å²) in [5.41, 5.74) is 0.969. The summed E-state index contributed by atoms with van der Waals surface area (Å²) in [5, 5.41) is 2.86. The van der Waals surface area contributed by atoms with Gasteiger partial charge in [-0.2, -0.15) is 0 Å². The largest absolute Gasteiger partial charge is 0.344 e. The summed E-state index contributed by atoms with van der Waals surface area (Å²) >= 11 is 0. The number of hydrogen-bond acceptors (Lipinski definition) is 4. The summed E-state index contributed by atoms with van der Waals surface area (Å²) in [4.78, 5) is 16.5. The lowest BCUT2D eigenvalue weighted by Gasteiger charge is -2.26. The molecule has 0 bridgehead atoms. The van der Waals surface area contributed by atoms with Crippen LogP contribution in [0.1, 0.15) is 28.5 Å². The van der Waals surface area contributed by atoms with E-state index in [1.54, 1.807) is 48.7 Å². The third-order valence-electron chi connectivity index (χ3n) is 3.51. The van der Waals surface area contributed by atoms with E-state index < -0.39 is 9.84 Å². The number of rotatable bonds is 2. The Balaban J connectivity index is 1.90. The van der Waals surface area contributed by atoms with Crippen molar-refractivity contribution in [1.82, 2.24) is 10.3 Å². The second-order valence-electron chi connectivity index (χ2n) is 4.89. The van der Waals surface area contributed by atoms with Gasteiger partial charge >= 0.3 is 0 Å². The number of nitrogens with zero attached hydrogens (tertiary/aromatic N) is 1. The molecule has 3 rings (SSSR count). The Morgan fingerprint density at radius 1 is 1.14 bits per heavy atom. The van der Waals surface area contributed by atoms with Crippen LogP contribution in [0.3, 0.4) is 0 Å². The van der Waals surface area contributed by atoms with Gasteiger partial charge in [0.15, 0.2) is 9.84 Å². The number of pyridine rings is 1. The normalized spacial score (nSPS) is 19.5. The summed E-state index contributed by atoms with van der Waals surface area (Å²) in [6.45, 7) is 0. The van der Waals surface area contributed by atoms with E-state index in [1.807, 2.05) is 0 Å². The molecular weight excluding hydrogens is 288 g/mol. The molecule has 2 aromatic rings. The SMILES string of the molecule is O=C(NC1CCS(=O)(=O)c2ccccc21)c1ccccn1. The molecule has 1 atom stereocenters. The number of benzene rings is 1. The van der Waals surface area contributed by atoms with Crippen LogP contribution in [0.2, 0.25) is 0 Å². The van der Waals surface area contributed by atoms with Gasteiger partial charge in [-0.3, -0.25) is 9.78 Å². The quantitative estimate of drug-likeness (QED) is 0.916. The standard InChI is InChI=1S/C15H14N2O3S/c18-15(13-6-3-4-9-16-13)17-12-8-10-21(19,20)14-7-2-1-5-11(12)14/h1-7,9,12H,8,10H2,(H,17,18). The molecule has 1 aliphatic rings. The molecule has 1 N–H and O–H groups in total. The second kappa shape index (κ2) is 5.29. The van der Waals surface area contributed by atoms with Gasteiger partial charge in [0, 0.05) is 6.20 Å². The molecule has 0 spiro atoms. The fourth-order valence-electron chi connectivity index (χ4n) is 2.47. The van der Waals surface area contributed by atoms with E-state index in [4.69, 9.17) is 0 Å². The molecule has 2 heterocycles. The van der Waals surface area contributed by atoms with Crippen molar-refractivity contribution in [3.05, 3.63) is 59.9 Å². The highest BCUT2D eigenvalue weighted by Crippen LogP contribution is 2.31. The summed E-state index contributed by atoms with van der Waals surface area (Å²) in [5.74, 6) is -0.258. The van der Waals surface area contributed by atoms with Crippen molar-refractivity contribution >= 4 is 15.7 Å². The Bertz CT molecular complexity index is 773. The number of carbonyl (C=O) groups is 1. The molecule has 0 radical (unpaired) electrons. The highest BCUT2D eigenvalue weighted by molar-refractivity contribution is 7.91. The molecule has 0 aliphatic carbocycles. The first-order valence-electron chi connectivity index (χ1n) is 6.61. The monoisotopic (exact) mass is 302 g/mol. The fourth-order valence-corrected chi connectivity index (χ4v) is 4.09. The summed E-state index contributed by atoms with van der Waals surface area (Å²) in [7, 11) is -3.24. The van der Waals surface area contributed by atoms with Crippen molar-refractivity contribution in [1.29, 1.82) is 0 Å². The van der Waals surface area contributed by atoms with Gasteiger partial charge in [-0.15, -0.1) is 0 Å². The van der Waals surface area contributed by atoms with Crippen LogP contribution >= 0.6 is 0 Å². The molecule has 1 aliphatic heterocycles. The molecular formula is C15H14N2O3S. The number of hydrogen-bond donors (Lipinski definition) is 1. The lowest BCUT2D eigenvalue weighted by atomic mass is 10.0. The van der Waals surface area contributed by atoms with Gasteiger partial charge in [0.2, 0.25) is 0 Å². The number of amides is 1. The van der Waals surface area contributed by atoms with E-state index in [0.717, 1.165) is 0 Å². The minimum atomic E-state index is -3.24. The van der Waals surface area contributed by atoms with E-state index in [0.29, 0.717) is 22.6 Å². The molecule has 1 aromatic heterocycles. The molecule has 0 fully saturated rings. The third-order valence-corrected chi connectivity index (χ3v) is 5.32. The van der Waals surface area contributed by atoms with Crippen LogP contribution in [-0.4, -0.2) is 25.1 Å². The average molecular weight is 302 g/mol. The van der Waals surface area contributed by atoms with Gasteiger partial charge in [-0.05, 0) is 30.2 Å². The van der Waals surface area contributed by atoms with Crippen molar-refractivity contribution in [2.75, 3.05) is 5.75 Å². The molecule has 1 amide bonds. The summed E-state index contributed by atoms with van der Waals surface area (Å²) in [6.07, 6.45) is 1.92. The number of nitrogens with one attached hydrogen (secondary N) is 1. The van der Waals surface area contributed by atoms with Gasteiger partial charge < -0.3 is 5.32 Å². The smallest absolute Gasteiger partial charge is 0.270 e. The molecule has 0 saturated carbocycles.